The minimum absolute atomic E-state index is 0.0124. The standard InChI is InChI=1S/C11H21N7O/c1-19-17-10-3-4-11(7-12)18(8-10)6-2-5-15-16-9-14-13/h9-11,13,15,17H,2-6,8H2,1H3. The maximum absolute atomic E-state index is 9.13. The monoisotopic (exact) mass is 267 g/mol. The van der Waals surface area contributed by atoms with Crippen molar-refractivity contribution in [3.63, 3.8) is 0 Å². The number of likely N-dealkylation sites (tertiary alicyclic amines) is 1. The number of nitrogens with zero attached hydrogens (tertiary/aromatic N) is 4. The van der Waals surface area contributed by atoms with Gasteiger partial charge in [0.2, 0.25) is 0 Å². The predicted molar refractivity (Wildman–Crippen MR) is 70.4 cm³/mol. The molecule has 19 heavy (non-hydrogen) atoms. The first-order valence-corrected chi connectivity index (χ1v) is 6.35. The van der Waals surface area contributed by atoms with Crippen LogP contribution in [0, 0.1) is 16.9 Å². The highest BCUT2D eigenvalue weighted by molar-refractivity contribution is 5.53. The van der Waals surface area contributed by atoms with Crippen LogP contribution in [0.4, 0.5) is 0 Å². The van der Waals surface area contributed by atoms with Crippen molar-refractivity contribution in [1.82, 2.24) is 15.8 Å². The second kappa shape index (κ2) is 9.38. The van der Waals surface area contributed by atoms with Gasteiger partial charge in [0.05, 0.1) is 19.2 Å². The Morgan fingerprint density at radius 2 is 2.42 bits per heavy atom. The van der Waals surface area contributed by atoms with Crippen molar-refractivity contribution in [3.8, 4) is 6.07 Å². The number of hydrogen-bond donors (Lipinski definition) is 3. The van der Waals surface area contributed by atoms with E-state index in [4.69, 9.17) is 15.6 Å². The van der Waals surface area contributed by atoms with Gasteiger partial charge in [-0.05, 0) is 19.3 Å². The lowest BCUT2D eigenvalue weighted by molar-refractivity contribution is 0.0234. The molecule has 1 fully saturated rings. The fourth-order valence-electron chi connectivity index (χ4n) is 2.19. The van der Waals surface area contributed by atoms with E-state index in [1.807, 2.05) is 0 Å². The molecule has 1 heterocycles. The summed E-state index contributed by atoms with van der Waals surface area (Å²) in [6, 6.07) is 2.61. The van der Waals surface area contributed by atoms with Gasteiger partial charge in [0.1, 0.15) is 0 Å². The van der Waals surface area contributed by atoms with Crippen molar-refractivity contribution in [1.29, 1.82) is 10.8 Å². The molecule has 8 heteroatoms. The van der Waals surface area contributed by atoms with Crippen molar-refractivity contribution in [2.45, 2.75) is 31.3 Å². The molecule has 1 aliphatic heterocycles. The summed E-state index contributed by atoms with van der Waals surface area (Å²) in [6.45, 7) is 2.35. The van der Waals surface area contributed by atoms with Crippen LogP contribution in [-0.2, 0) is 4.84 Å². The van der Waals surface area contributed by atoms with Gasteiger partial charge in [-0.1, -0.05) is 0 Å². The molecule has 0 aliphatic carbocycles. The largest absolute Gasteiger partial charge is 0.308 e. The Hall–Kier alpha value is -1.56. The zero-order valence-electron chi connectivity index (χ0n) is 11.2. The molecule has 0 saturated carbocycles. The molecule has 0 aromatic heterocycles. The normalized spacial score (nSPS) is 24.2. The lowest BCUT2D eigenvalue weighted by Gasteiger charge is -2.36. The highest BCUT2D eigenvalue weighted by Gasteiger charge is 2.27. The Morgan fingerprint density at radius 1 is 1.58 bits per heavy atom. The number of nitriles is 1. The summed E-state index contributed by atoms with van der Waals surface area (Å²) < 4.78 is 0. The minimum atomic E-state index is -0.0124. The van der Waals surface area contributed by atoms with Crippen molar-refractivity contribution in [2.75, 3.05) is 26.7 Å². The average molecular weight is 267 g/mol. The van der Waals surface area contributed by atoms with Gasteiger partial charge in [-0.3, -0.25) is 4.90 Å². The zero-order valence-corrected chi connectivity index (χ0v) is 11.2. The molecule has 2 unspecified atom stereocenters. The minimum Gasteiger partial charge on any atom is -0.308 e. The van der Waals surface area contributed by atoms with E-state index in [1.54, 1.807) is 7.11 Å². The first-order valence-electron chi connectivity index (χ1n) is 6.35. The number of hydrazone groups is 1. The van der Waals surface area contributed by atoms with Crippen LogP contribution in [0.2, 0.25) is 0 Å². The van der Waals surface area contributed by atoms with E-state index in [0.717, 1.165) is 38.7 Å². The van der Waals surface area contributed by atoms with E-state index < -0.39 is 0 Å². The van der Waals surface area contributed by atoms with Gasteiger partial charge >= 0.3 is 0 Å². The van der Waals surface area contributed by atoms with Gasteiger partial charge in [-0.15, -0.1) is 5.11 Å². The summed E-state index contributed by atoms with van der Waals surface area (Å²) in [5.41, 5.74) is 12.3. The molecule has 8 nitrogen and oxygen atoms in total. The van der Waals surface area contributed by atoms with E-state index >= 15 is 0 Å². The Morgan fingerprint density at radius 3 is 3.11 bits per heavy atom. The summed E-state index contributed by atoms with van der Waals surface area (Å²) in [7, 11) is 1.61. The second-order valence-electron chi connectivity index (χ2n) is 4.37. The van der Waals surface area contributed by atoms with Crippen LogP contribution < -0.4 is 10.9 Å². The first-order chi connectivity index (χ1) is 9.31. The van der Waals surface area contributed by atoms with Crippen LogP contribution in [0.15, 0.2) is 10.2 Å². The highest BCUT2D eigenvalue weighted by atomic mass is 16.6. The molecule has 1 aliphatic rings. The van der Waals surface area contributed by atoms with E-state index in [2.05, 4.69) is 32.1 Å². The van der Waals surface area contributed by atoms with Crippen LogP contribution in [0.3, 0.4) is 0 Å². The summed E-state index contributed by atoms with van der Waals surface area (Å²) in [6.07, 6.45) is 3.85. The van der Waals surface area contributed by atoms with Crippen molar-refractivity contribution < 1.29 is 4.84 Å². The van der Waals surface area contributed by atoms with Crippen LogP contribution in [-0.4, -0.2) is 50.1 Å². The third kappa shape index (κ3) is 5.74. The lowest BCUT2D eigenvalue weighted by Crippen LogP contribution is -2.50. The topological polar surface area (TPSA) is 109 Å². The fourth-order valence-corrected chi connectivity index (χ4v) is 2.19. The molecule has 1 saturated heterocycles. The average Bonchev–Trinajstić information content (AvgIpc) is 2.43. The molecule has 1 rings (SSSR count). The van der Waals surface area contributed by atoms with Gasteiger partial charge in [0.15, 0.2) is 6.34 Å². The van der Waals surface area contributed by atoms with Gasteiger partial charge in [-0.2, -0.15) is 15.8 Å². The SMILES string of the molecule is CONC1CCC(C#N)N(CCCNN=CN=N)C1. The van der Waals surface area contributed by atoms with Gasteiger partial charge < -0.3 is 10.3 Å². The summed E-state index contributed by atoms with van der Waals surface area (Å²) in [4.78, 5) is 7.12. The van der Waals surface area contributed by atoms with Crippen molar-refractivity contribution in [2.24, 2.45) is 10.2 Å². The highest BCUT2D eigenvalue weighted by Crippen LogP contribution is 2.17. The first kappa shape index (κ1) is 15.5. The van der Waals surface area contributed by atoms with Crippen LogP contribution in [0.25, 0.3) is 0 Å². The van der Waals surface area contributed by atoms with Gasteiger partial charge in [0.25, 0.3) is 0 Å². The van der Waals surface area contributed by atoms with E-state index in [0.29, 0.717) is 6.54 Å². The summed E-state index contributed by atoms with van der Waals surface area (Å²) >= 11 is 0. The number of hydroxylamine groups is 1. The molecule has 106 valence electrons. The number of piperidine rings is 1. The van der Waals surface area contributed by atoms with Crippen LogP contribution in [0.5, 0.6) is 0 Å². The van der Waals surface area contributed by atoms with E-state index in [-0.39, 0.29) is 12.1 Å². The lowest BCUT2D eigenvalue weighted by atomic mass is 9.99. The van der Waals surface area contributed by atoms with Gasteiger partial charge in [-0.25, -0.2) is 5.53 Å². The van der Waals surface area contributed by atoms with Crippen molar-refractivity contribution in [3.05, 3.63) is 0 Å². The fraction of sp³-hybridized carbons (Fsp3) is 0.818. The zero-order chi connectivity index (χ0) is 13.9. The maximum Gasteiger partial charge on any atom is 0.157 e. The number of nitrogens with one attached hydrogen (secondary N) is 3. The molecule has 0 bridgehead atoms. The molecule has 2 atom stereocenters. The van der Waals surface area contributed by atoms with E-state index in [1.165, 1.54) is 0 Å². The molecular weight excluding hydrogens is 246 g/mol. The molecule has 0 amide bonds. The maximum atomic E-state index is 9.13. The molecule has 0 spiro atoms. The van der Waals surface area contributed by atoms with Crippen LogP contribution in [0.1, 0.15) is 19.3 Å². The Balaban J connectivity index is 2.29. The van der Waals surface area contributed by atoms with Gasteiger partial charge in [0, 0.05) is 25.7 Å². The van der Waals surface area contributed by atoms with E-state index in [9.17, 15) is 0 Å². The predicted octanol–water partition coefficient (Wildman–Crippen LogP) is 0.448. The summed E-state index contributed by atoms with van der Waals surface area (Å²) in [5.74, 6) is 0. The van der Waals surface area contributed by atoms with Crippen LogP contribution >= 0.6 is 0 Å². The Bertz CT molecular complexity index is 327. The summed E-state index contributed by atoms with van der Waals surface area (Å²) in [5, 5.41) is 15.8. The molecule has 0 radical (unpaired) electrons. The number of rotatable bonds is 8. The molecule has 0 aromatic carbocycles. The molecular formula is C11H21N7O. The van der Waals surface area contributed by atoms with Crippen molar-refractivity contribution >= 4 is 6.34 Å². The molecule has 0 aromatic rings. The third-order valence-corrected chi connectivity index (χ3v) is 3.06. The third-order valence-electron chi connectivity index (χ3n) is 3.06. The Kier molecular flexibility index (Phi) is 7.65. The quantitative estimate of drug-likeness (QED) is 0.194. The molecule has 3 N–H and O–H groups in total. The number of hydrogen-bond acceptors (Lipinski definition) is 7. The second-order valence-corrected chi connectivity index (χ2v) is 4.37. The smallest absolute Gasteiger partial charge is 0.157 e. The Labute approximate surface area is 113 Å².